The van der Waals surface area contributed by atoms with Crippen molar-refractivity contribution >= 4 is 18.3 Å². The van der Waals surface area contributed by atoms with E-state index in [0.29, 0.717) is 30.3 Å². The number of hydrogen-bond donors (Lipinski definition) is 2. The number of para-hydroxylation sites is 2. The Morgan fingerprint density at radius 1 is 1.08 bits per heavy atom. The summed E-state index contributed by atoms with van der Waals surface area (Å²) in [7, 11) is 3.15. The minimum atomic E-state index is -0.253. The first-order valence-corrected chi connectivity index (χ1v) is 8.05. The number of amides is 1. The summed E-state index contributed by atoms with van der Waals surface area (Å²) in [5.41, 5.74) is 6.49. The summed E-state index contributed by atoms with van der Waals surface area (Å²) in [6.07, 6.45) is -0.00114. The number of methoxy groups -OCH3 is 2. The number of hydrogen-bond acceptors (Lipinski definition) is 5. The van der Waals surface area contributed by atoms with Crippen molar-refractivity contribution in [3.05, 3.63) is 54.1 Å². The van der Waals surface area contributed by atoms with Crippen LogP contribution in [0.2, 0.25) is 0 Å². The molecule has 2 aromatic rings. The lowest BCUT2D eigenvalue weighted by Crippen LogP contribution is -2.31. The van der Waals surface area contributed by atoms with Crippen molar-refractivity contribution in [1.82, 2.24) is 5.32 Å². The van der Waals surface area contributed by atoms with E-state index in [1.54, 1.807) is 14.2 Å². The highest BCUT2D eigenvalue weighted by molar-refractivity contribution is 5.85. The van der Waals surface area contributed by atoms with E-state index >= 15 is 0 Å². The number of rotatable bonds is 9. The van der Waals surface area contributed by atoms with E-state index in [1.807, 2.05) is 48.5 Å². The average Bonchev–Trinajstić information content (AvgIpc) is 2.66. The van der Waals surface area contributed by atoms with E-state index < -0.39 is 0 Å². The summed E-state index contributed by atoms with van der Waals surface area (Å²) < 4.78 is 16.2. The van der Waals surface area contributed by atoms with E-state index in [2.05, 4.69) is 5.32 Å². The van der Waals surface area contributed by atoms with Gasteiger partial charge >= 0.3 is 0 Å². The quantitative estimate of drug-likeness (QED) is 0.699. The third kappa shape index (κ3) is 6.55. The van der Waals surface area contributed by atoms with E-state index in [9.17, 15) is 4.79 Å². The number of nitrogens with one attached hydrogen (secondary N) is 1. The Labute approximate surface area is 160 Å². The minimum absolute atomic E-state index is 0. The molecule has 1 amide bonds. The molecule has 0 aliphatic carbocycles. The molecule has 2 aromatic carbocycles. The Balaban J connectivity index is 0.00000338. The fourth-order valence-electron chi connectivity index (χ4n) is 2.25. The maximum Gasteiger partial charge on any atom is 0.222 e. The number of carbonyl (C=O) groups excluding carboxylic acids is 1. The summed E-state index contributed by atoms with van der Waals surface area (Å²) in [4.78, 5) is 11.8. The molecular weight excluding hydrogens is 356 g/mol. The molecule has 7 heteroatoms. The molecule has 6 nitrogen and oxygen atoms in total. The van der Waals surface area contributed by atoms with Gasteiger partial charge in [0.25, 0.3) is 0 Å². The van der Waals surface area contributed by atoms with Crippen LogP contribution in [0.5, 0.6) is 17.2 Å². The molecule has 3 N–H and O–H groups in total. The largest absolute Gasteiger partial charge is 0.493 e. The van der Waals surface area contributed by atoms with Crippen LogP contribution in [0.3, 0.4) is 0 Å². The summed E-state index contributed by atoms with van der Waals surface area (Å²) >= 11 is 0. The molecule has 0 bridgehead atoms. The number of carbonyl (C=O) groups is 1. The van der Waals surface area contributed by atoms with Crippen molar-refractivity contribution in [2.45, 2.75) is 19.1 Å². The summed E-state index contributed by atoms with van der Waals surface area (Å²) in [5.74, 6) is 1.93. The molecule has 0 saturated carbocycles. The molecule has 1 atom stereocenters. The van der Waals surface area contributed by atoms with Crippen LogP contribution in [-0.4, -0.2) is 32.8 Å². The lowest BCUT2D eigenvalue weighted by molar-refractivity contribution is -0.123. The van der Waals surface area contributed by atoms with Gasteiger partial charge in [0.2, 0.25) is 5.91 Å². The van der Waals surface area contributed by atoms with Gasteiger partial charge < -0.3 is 25.3 Å². The van der Waals surface area contributed by atoms with Crippen molar-refractivity contribution in [2.75, 3.05) is 20.8 Å². The molecular formula is C19H25ClN2O4. The SMILES string of the molecule is COc1ccccc1Oc1ccc(CNC(=O)CC(CN)OC)cc1.Cl. The predicted octanol–water partition coefficient (Wildman–Crippen LogP) is 2.89. The highest BCUT2D eigenvalue weighted by Gasteiger charge is 2.11. The average molecular weight is 381 g/mol. The van der Waals surface area contributed by atoms with Crippen LogP contribution in [0.4, 0.5) is 0 Å². The van der Waals surface area contributed by atoms with Crippen LogP contribution in [0.15, 0.2) is 48.5 Å². The maximum atomic E-state index is 11.8. The number of nitrogens with two attached hydrogens (primary N) is 1. The molecule has 142 valence electrons. The van der Waals surface area contributed by atoms with Gasteiger partial charge in [0.15, 0.2) is 11.5 Å². The van der Waals surface area contributed by atoms with Gasteiger partial charge in [-0.15, -0.1) is 12.4 Å². The molecule has 0 aliphatic rings. The molecule has 1 unspecified atom stereocenters. The Morgan fingerprint density at radius 2 is 1.73 bits per heavy atom. The second-order valence-corrected chi connectivity index (χ2v) is 5.47. The molecule has 2 rings (SSSR count). The highest BCUT2D eigenvalue weighted by Crippen LogP contribution is 2.30. The van der Waals surface area contributed by atoms with Crippen molar-refractivity contribution in [3.8, 4) is 17.2 Å². The summed E-state index contributed by atoms with van der Waals surface area (Å²) in [5, 5.41) is 2.85. The first-order chi connectivity index (χ1) is 12.2. The Hall–Kier alpha value is -2.28. The second kappa shape index (κ2) is 11.4. The van der Waals surface area contributed by atoms with Crippen LogP contribution in [0, 0.1) is 0 Å². The minimum Gasteiger partial charge on any atom is -0.493 e. The summed E-state index contributed by atoms with van der Waals surface area (Å²) in [6, 6.07) is 15.0. The lowest BCUT2D eigenvalue weighted by atomic mass is 10.2. The van der Waals surface area contributed by atoms with Crippen LogP contribution < -0.4 is 20.5 Å². The number of halogens is 1. The molecule has 0 saturated heterocycles. The van der Waals surface area contributed by atoms with Crippen molar-refractivity contribution < 1.29 is 19.0 Å². The van der Waals surface area contributed by atoms with Crippen LogP contribution in [0.25, 0.3) is 0 Å². The first kappa shape index (κ1) is 21.8. The van der Waals surface area contributed by atoms with Gasteiger partial charge in [0.05, 0.1) is 19.6 Å². The van der Waals surface area contributed by atoms with Crippen molar-refractivity contribution in [2.24, 2.45) is 5.73 Å². The van der Waals surface area contributed by atoms with E-state index in [0.717, 1.165) is 5.56 Å². The van der Waals surface area contributed by atoms with Gasteiger partial charge in [-0.1, -0.05) is 24.3 Å². The highest BCUT2D eigenvalue weighted by atomic mass is 35.5. The first-order valence-electron chi connectivity index (χ1n) is 8.05. The smallest absolute Gasteiger partial charge is 0.222 e. The zero-order chi connectivity index (χ0) is 18.1. The summed E-state index contributed by atoms with van der Waals surface area (Å²) in [6.45, 7) is 0.758. The molecule has 0 heterocycles. The van der Waals surface area contributed by atoms with Crippen molar-refractivity contribution in [3.63, 3.8) is 0 Å². The van der Waals surface area contributed by atoms with Crippen LogP contribution in [-0.2, 0) is 16.1 Å². The number of ether oxygens (including phenoxy) is 3. The zero-order valence-corrected chi connectivity index (χ0v) is 15.8. The molecule has 0 aromatic heterocycles. The topological polar surface area (TPSA) is 82.8 Å². The van der Waals surface area contributed by atoms with Crippen molar-refractivity contribution in [1.29, 1.82) is 0 Å². The Morgan fingerprint density at radius 3 is 2.31 bits per heavy atom. The fraction of sp³-hybridized carbons (Fsp3) is 0.316. The van der Waals surface area contributed by atoms with Crippen LogP contribution in [0.1, 0.15) is 12.0 Å². The van der Waals surface area contributed by atoms with Gasteiger partial charge in [-0.2, -0.15) is 0 Å². The standard InChI is InChI=1S/C19H24N2O4.ClH/c1-23-16(12-20)11-19(22)21-13-14-7-9-15(10-8-14)25-18-6-4-3-5-17(18)24-2;/h3-10,16H,11-13,20H2,1-2H3,(H,21,22);1H. The van der Waals surface area contributed by atoms with E-state index in [-0.39, 0.29) is 30.8 Å². The normalized spacial score (nSPS) is 11.2. The Kier molecular flexibility index (Phi) is 9.51. The van der Waals surface area contributed by atoms with Gasteiger partial charge in [0.1, 0.15) is 5.75 Å². The van der Waals surface area contributed by atoms with E-state index in [4.69, 9.17) is 19.9 Å². The maximum absolute atomic E-state index is 11.8. The predicted molar refractivity (Wildman–Crippen MR) is 103 cm³/mol. The van der Waals surface area contributed by atoms with Gasteiger partial charge in [-0.3, -0.25) is 4.79 Å². The zero-order valence-electron chi connectivity index (χ0n) is 14.9. The van der Waals surface area contributed by atoms with Crippen LogP contribution >= 0.6 is 12.4 Å². The third-order valence-corrected chi connectivity index (χ3v) is 3.72. The number of benzene rings is 2. The molecule has 0 fully saturated rings. The Bertz CT molecular complexity index is 675. The molecule has 0 spiro atoms. The monoisotopic (exact) mass is 380 g/mol. The van der Waals surface area contributed by atoms with Gasteiger partial charge in [-0.05, 0) is 29.8 Å². The van der Waals surface area contributed by atoms with Gasteiger partial charge in [0, 0.05) is 20.2 Å². The third-order valence-electron chi connectivity index (χ3n) is 3.72. The molecule has 0 radical (unpaired) electrons. The fourth-order valence-corrected chi connectivity index (χ4v) is 2.25. The lowest BCUT2D eigenvalue weighted by Gasteiger charge is -2.13. The van der Waals surface area contributed by atoms with Gasteiger partial charge in [-0.25, -0.2) is 0 Å². The molecule has 0 aliphatic heterocycles. The second-order valence-electron chi connectivity index (χ2n) is 5.47. The van der Waals surface area contributed by atoms with E-state index in [1.165, 1.54) is 0 Å². The molecule has 26 heavy (non-hydrogen) atoms.